The van der Waals surface area contributed by atoms with Crippen molar-refractivity contribution in [3.63, 3.8) is 0 Å². The van der Waals surface area contributed by atoms with Crippen LogP contribution in [-0.4, -0.2) is 0 Å². The zero-order valence-electron chi connectivity index (χ0n) is 5.68. The smallest absolute Gasteiger partial charge is 0.0365 e. The molecule has 0 aromatic heterocycles. The van der Waals surface area contributed by atoms with Crippen LogP contribution >= 0.6 is 22.6 Å². The van der Waals surface area contributed by atoms with Gasteiger partial charge in [-0.2, -0.15) is 0 Å². The first-order valence-corrected chi connectivity index (χ1v) is 4.84. The van der Waals surface area contributed by atoms with E-state index in [1.807, 2.05) is 0 Å². The summed E-state index contributed by atoms with van der Waals surface area (Å²) in [5.74, 6) is 0. The Kier molecular flexibility index (Phi) is 1.68. The molecule has 1 atom stereocenters. The molecule has 1 aliphatic rings. The lowest BCUT2D eigenvalue weighted by Gasteiger charge is -1.99. The van der Waals surface area contributed by atoms with Gasteiger partial charge in [-0.1, -0.05) is 46.9 Å². The highest BCUT2D eigenvalue weighted by Crippen LogP contribution is 2.37. The Morgan fingerprint density at radius 2 is 2.10 bits per heavy atom. The highest BCUT2D eigenvalue weighted by Gasteiger charge is 2.17. The maximum absolute atomic E-state index is 2.52. The van der Waals surface area contributed by atoms with E-state index in [0.29, 0.717) is 0 Å². The highest BCUT2D eigenvalue weighted by atomic mass is 127. The van der Waals surface area contributed by atoms with Crippen LogP contribution < -0.4 is 0 Å². The second-order valence-corrected chi connectivity index (χ2v) is 4.21. The van der Waals surface area contributed by atoms with Crippen LogP contribution in [0.1, 0.15) is 21.5 Å². The van der Waals surface area contributed by atoms with Crippen LogP contribution in [0.4, 0.5) is 0 Å². The molecule has 0 amide bonds. The van der Waals surface area contributed by atoms with Crippen molar-refractivity contribution in [3.8, 4) is 0 Å². The number of alkyl halides is 1. The lowest BCUT2D eigenvalue weighted by molar-refractivity contribution is 0.916. The molecule has 52 valence electrons. The maximum atomic E-state index is 2.52. The van der Waals surface area contributed by atoms with E-state index >= 15 is 0 Å². The minimum absolute atomic E-state index is 0.772. The van der Waals surface area contributed by atoms with Crippen LogP contribution in [0.2, 0.25) is 0 Å². The van der Waals surface area contributed by atoms with E-state index < -0.39 is 0 Å². The number of halogens is 1. The quantitative estimate of drug-likeness (QED) is 0.486. The summed E-state index contributed by atoms with van der Waals surface area (Å²) in [5, 5.41) is 0. The van der Waals surface area contributed by atoms with Gasteiger partial charge in [-0.25, -0.2) is 0 Å². The third kappa shape index (κ3) is 0.965. The van der Waals surface area contributed by atoms with Gasteiger partial charge in [0.15, 0.2) is 0 Å². The Bertz CT molecular complexity index is 242. The Labute approximate surface area is 74.8 Å². The molecule has 10 heavy (non-hydrogen) atoms. The molecule has 0 fully saturated rings. The van der Waals surface area contributed by atoms with Gasteiger partial charge in [-0.3, -0.25) is 0 Å². The maximum Gasteiger partial charge on any atom is 0.0365 e. The largest absolute Gasteiger partial charge is 0.0774 e. The summed E-state index contributed by atoms with van der Waals surface area (Å²) in [6.45, 7) is 0. The second kappa shape index (κ2) is 2.53. The summed E-state index contributed by atoms with van der Waals surface area (Å²) in [6.07, 6.45) is 2.61. The van der Waals surface area contributed by atoms with Crippen molar-refractivity contribution in [2.24, 2.45) is 0 Å². The van der Waals surface area contributed by atoms with E-state index in [2.05, 4.69) is 46.9 Å². The van der Waals surface area contributed by atoms with E-state index in [9.17, 15) is 0 Å². The molecule has 1 aromatic rings. The van der Waals surface area contributed by atoms with E-state index in [-0.39, 0.29) is 0 Å². The molecule has 0 N–H and O–H groups in total. The van der Waals surface area contributed by atoms with Gasteiger partial charge in [0.2, 0.25) is 0 Å². The number of rotatable bonds is 0. The third-order valence-electron chi connectivity index (χ3n) is 2.06. The van der Waals surface area contributed by atoms with Gasteiger partial charge in [0.25, 0.3) is 0 Å². The Balaban J connectivity index is 2.51. The van der Waals surface area contributed by atoms with Gasteiger partial charge in [0.05, 0.1) is 0 Å². The topological polar surface area (TPSA) is 0 Å². The molecule has 0 nitrogen and oxygen atoms in total. The highest BCUT2D eigenvalue weighted by molar-refractivity contribution is 14.1. The molecule has 0 saturated heterocycles. The first-order chi connectivity index (χ1) is 4.88. The van der Waals surface area contributed by atoms with Crippen LogP contribution in [0.3, 0.4) is 0 Å². The van der Waals surface area contributed by atoms with Gasteiger partial charge in [-0.05, 0) is 24.0 Å². The lowest BCUT2D eigenvalue weighted by Crippen LogP contribution is -1.80. The molecule has 1 aromatic carbocycles. The van der Waals surface area contributed by atoms with Gasteiger partial charge in [0.1, 0.15) is 0 Å². The zero-order valence-corrected chi connectivity index (χ0v) is 7.84. The van der Waals surface area contributed by atoms with Crippen molar-refractivity contribution in [1.82, 2.24) is 0 Å². The van der Waals surface area contributed by atoms with Gasteiger partial charge in [-0.15, -0.1) is 0 Å². The first-order valence-electron chi connectivity index (χ1n) is 3.60. The van der Waals surface area contributed by atoms with Crippen LogP contribution in [0.5, 0.6) is 0 Å². The van der Waals surface area contributed by atoms with Crippen molar-refractivity contribution < 1.29 is 0 Å². The Hall–Kier alpha value is -0.0500. The number of hydrogen-bond donors (Lipinski definition) is 0. The molecule has 0 spiro atoms. The van der Waals surface area contributed by atoms with E-state index in [1.54, 1.807) is 11.1 Å². The summed E-state index contributed by atoms with van der Waals surface area (Å²) in [4.78, 5) is 0. The van der Waals surface area contributed by atoms with Crippen LogP contribution in [-0.2, 0) is 6.42 Å². The molecule has 2 rings (SSSR count). The number of benzene rings is 1. The lowest BCUT2D eigenvalue weighted by atomic mass is 10.1. The summed E-state index contributed by atoms with van der Waals surface area (Å²) >= 11 is 2.52. The normalized spacial score (nSPS) is 22.7. The van der Waals surface area contributed by atoms with Crippen molar-refractivity contribution in [2.75, 3.05) is 0 Å². The molecular formula is C9H9I. The molecule has 0 unspecified atom stereocenters. The van der Waals surface area contributed by atoms with Crippen molar-refractivity contribution >= 4 is 22.6 Å². The number of hydrogen-bond acceptors (Lipinski definition) is 0. The first kappa shape index (κ1) is 6.65. The molecule has 0 bridgehead atoms. The van der Waals surface area contributed by atoms with Gasteiger partial charge < -0.3 is 0 Å². The van der Waals surface area contributed by atoms with Crippen molar-refractivity contribution in [3.05, 3.63) is 35.4 Å². The molecule has 0 aliphatic heterocycles. The van der Waals surface area contributed by atoms with Gasteiger partial charge >= 0.3 is 0 Å². The third-order valence-corrected chi connectivity index (χ3v) is 3.35. The fraction of sp³-hybridized carbons (Fsp3) is 0.333. The Morgan fingerprint density at radius 1 is 1.30 bits per heavy atom. The monoisotopic (exact) mass is 244 g/mol. The molecule has 1 aliphatic carbocycles. The van der Waals surface area contributed by atoms with E-state index in [4.69, 9.17) is 0 Å². The van der Waals surface area contributed by atoms with E-state index in [1.165, 1.54) is 12.8 Å². The predicted molar refractivity (Wildman–Crippen MR) is 51.5 cm³/mol. The Morgan fingerprint density at radius 3 is 2.90 bits per heavy atom. The summed E-state index contributed by atoms with van der Waals surface area (Å²) < 4.78 is 0.772. The van der Waals surface area contributed by atoms with Crippen molar-refractivity contribution in [2.45, 2.75) is 16.8 Å². The van der Waals surface area contributed by atoms with Crippen molar-refractivity contribution in [1.29, 1.82) is 0 Å². The average molecular weight is 244 g/mol. The minimum Gasteiger partial charge on any atom is -0.0774 e. The molecule has 1 heteroatoms. The molecular weight excluding hydrogens is 235 g/mol. The van der Waals surface area contributed by atoms with Crippen LogP contribution in [0.15, 0.2) is 24.3 Å². The summed E-state index contributed by atoms with van der Waals surface area (Å²) in [6, 6.07) is 8.76. The van der Waals surface area contributed by atoms with Gasteiger partial charge in [0, 0.05) is 3.92 Å². The van der Waals surface area contributed by atoms with Crippen LogP contribution in [0.25, 0.3) is 0 Å². The van der Waals surface area contributed by atoms with E-state index in [0.717, 1.165) is 3.92 Å². The number of aryl methyl sites for hydroxylation is 1. The summed E-state index contributed by atoms with van der Waals surface area (Å²) in [7, 11) is 0. The fourth-order valence-corrected chi connectivity index (χ4v) is 2.42. The standard InChI is InChI=1S/C9H9I/c10-9-6-5-7-3-1-2-4-8(7)9/h1-4,9H,5-6H2/t9-/m1/s1. The second-order valence-electron chi connectivity index (χ2n) is 2.71. The SMILES string of the molecule is I[C@@H]1CCc2ccccc21. The average Bonchev–Trinajstić information content (AvgIpc) is 2.34. The fourth-order valence-electron chi connectivity index (χ4n) is 1.51. The molecule has 0 heterocycles. The molecule has 0 radical (unpaired) electrons. The predicted octanol–water partition coefficient (Wildman–Crippen LogP) is 3.11. The number of fused-ring (bicyclic) bond motifs is 1. The van der Waals surface area contributed by atoms with Crippen LogP contribution in [0, 0.1) is 0 Å². The minimum atomic E-state index is 0.772. The summed E-state index contributed by atoms with van der Waals surface area (Å²) in [5.41, 5.74) is 3.12. The molecule has 0 saturated carbocycles. The zero-order chi connectivity index (χ0) is 6.97.